The van der Waals surface area contributed by atoms with E-state index in [1.807, 2.05) is 17.5 Å². The number of rotatable bonds is 4. The molecule has 2 aromatic rings. The average molecular weight is 292 g/mol. The number of carbonyl (C=O) groups is 1. The quantitative estimate of drug-likeness (QED) is 0.886. The standard InChI is InChI=1S/C14H16N2O3S/c1-14(19,11-4-3-7-20-11)9-15-13(18)10-5-6-16(2)12(17)8-10/h3-8,19H,9H2,1-2H3,(H,15,18). The van der Waals surface area contributed by atoms with Gasteiger partial charge in [-0.2, -0.15) is 0 Å². The summed E-state index contributed by atoms with van der Waals surface area (Å²) in [5.74, 6) is -0.375. The van der Waals surface area contributed by atoms with Crippen molar-refractivity contribution >= 4 is 17.2 Å². The number of pyridine rings is 1. The van der Waals surface area contributed by atoms with E-state index in [1.54, 1.807) is 20.0 Å². The molecule has 1 atom stereocenters. The van der Waals surface area contributed by atoms with Crippen molar-refractivity contribution in [3.8, 4) is 0 Å². The Morgan fingerprint density at radius 2 is 2.25 bits per heavy atom. The number of thiophene rings is 1. The third-order valence-electron chi connectivity index (χ3n) is 3.01. The third-order valence-corrected chi connectivity index (χ3v) is 4.13. The molecule has 20 heavy (non-hydrogen) atoms. The van der Waals surface area contributed by atoms with Gasteiger partial charge >= 0.3 is 0 Å². The zero-order chi connectivity index (χ0) is 14.8. The SMILES string of the molecule is Cn1ccc(C(=O)NCC(C)(O)c2cccs2)cc1=O. The summed E-state index contributed by atoms with van der Waals surface area (Å²) < 4.78 is 1.39. The Balaban J connectivity index is 2.05. The van der Waals surface area contributed by atoms with Crippen LogP contribution in [0.1, 0.15) is 22.2 Å². The van der Waals surface area contributed by atoms with Crippen LogP contribution >= 0.6 is 11.3 Å². The fourth-order valence-electron chi connectivity index (χ4n) is 1.72. The van der Waals surface area contributed by atoms with Crippen LogP contribution in [0.5, 0.6) is 0 Å². The fourth-order valence-corrected chi connectivity index (χ4v) is 2.50. The van der Waals surface area contributed by atoms with Crippen molar-refractivity contribution in [2.45, 2.75) is 12.5 Å². The lowest BCUT2D eigenvalue weighted by atomic mass is 10.1. The summed E-state index contributed by atoms with van der Waals surface area (Å²) in [6.07, 6.45) is 1.54. The van der Waals surface area contributed by atoms with Crippen molar-refractivity contribution < 1.29 is 9.90 Å². The van der Waals surface area contributed by atoms with Crippen molar-refractivity contribution in [2.24, 2.45) is 7.05 Å². The zero-order valence-electron chi connectivity index (χ0n) is 11.3. The van der Waals surface area contributed by atoms with Crippen LogP contribution < -0.4 is 10.9 Å². The third kappa shape index (κ3) is 3.15. The minimum Gasteiger partial charge on any atom is -0.383 e. The summed E-state index contributed by atoms with van der Waals surface area (Å²) in [5.41, 5.74) is -1.08. The molecule has 0 radical (unpaired) electrons. The highest BCUT2D eigenvalue weighted by Crippen LogP contribution is 2.24. The van der Waals surface area contributed by atoms with Gasteiger partial charge in [-0.05, 0) is 24.4 Å². The van der Waals surface area contributed by atoms with Crippen molar-refractivity contribution in [3.63, 3.8) is 0 Å². The Morgan fingerprint density at radius 3 is 2.85 bits per heavy atom. The van der Waals surface area contributed by atoms with E-state index < -0.39 is 5.60 Å². The van der Waals surface area contributed by atoms with Gasteiger partial charge in [-0.1, -0.05) is 6.07 Å². The molecule has 0 spiro atoms. The van der Waals surface area contributed by atoms with Crippen LogP contribution in [-0.2, 0) is 12.6 Å². The monoisotopic (exact) mass is 292 g/mol. The highest BCUT2D eigenvalue weighted by Gasteiger charge is 2.25. The number of amides is 1. The number of hydrogen-bond donors (Lipinski definition) is 2. The van der Waals surface area contributed by atoms with E-state index in [1.165, 1.54) is 28.2 Å². The van der Waals surface area contributed by atoms with Crippen LogP contribution in [0.2, 0.25) is 0 Å². The number of aromatic nitrogens is 1. The van der Waals surface area contributed by atoms with E-state index in [0.717, 1.165) is 4.88 Å². The molecule has 0 aromatic carbocycles. The van der Waals surface area contributed by atoms with E-state index in [0.29, 0.717) is 0 Å². The second kappa shape index (κ2) is 5.60. The molecule has 2 N–H and O–H groups in total. The van der Waals surface area contributed by atoms with Gasteiger partial charge in [0, 0.05) is 29.8 Å². The lowest BCUT2D eigenvalue weighted by molar-refractivity contribution is 0.0556. The first-order valence-corrected chi connectivity index (χ1v) is 6.99. The number of carbonyl (C=O) groups excluding carboxylic acids is 1. The first-order chi connectivity index (χ1) is 9.40. The molecule has 1 unspecified atom stereocenters. The Hall–Kier alpha value is -1.92. The molecule has 2 rings (SSSR count). The molecular formula is C14H16N2O3S. The van der Waals surface area contributed by atoms with Crippen LogP contribution in [0.25, 0.3) is 0 Å². The minimum atomic E-state index is -1.12. The fraction of sp³-hybridized carbons (Fsp3) is 0.286. The maximum atomic E-state index is 12.0. The van der Waals surface area contributed by atoms with Crippen LogP contribution in [0.15, 0.2) is 40.6 Å². The molecule has 2 heterocycles. The first kappa shape index (κ1) is 14.5. The molecule has 0 bridgehead atoms. The Morgan fingerprint density at radius 1 is 1.50 bits per heavy atom. The van der Waals surface area contributed by atoms with E-state index in [-0.39, 0.29) is 23.6 Å². The molecule has 0 aliphatic rings. The van der Waals surface area contributed by atoms with Crippen molar-refractivity contribution in [3.05, 3.63) is 56.6 Å². The van der Waals surface area contributed by atoms with E-state index in [4.69, 9.17) is 0 Å². The van der Waals surface area contributed by atoms with Gasteiger partial charge in [0.05, 0.1) is 6.54 Å². The van der Waals surface area contributed by atoms with Crippen molar-refractivity contribution in [2.75, 3.05) is 6.54 Å². The molecular weight excluding hydrogens is 276 g/mol. The molecule has 1 amide bonds. The zero-order valence-corrected chi connectivity index (χ0v) is 12.1. The van der Waals surface area contributed by atoms with Gasteiger partial charge in [0.2, 0.25) is 0 Å². The van der Waals surface area contributed by atoms with Gasteiger partial charge in [-0.25, -0.2) is 0 Å². The number of hydrogen-bond acceptors (Lipinski definition) is 4. The molecule has 106 valence electrons. The molecule has 6 heteroatoms. The predicted octanol–water partition coefficient (Wildman–Crippen LogP) is 1.08. The lowest BCUT2D eigenvalue weighted by Crippen LogP contribution is -2.38. The second-order valence-electron chi connectivity index (χ2n) is 4.80. The number of nitrogens with one attached hydrogen (secondary N) is 1. The van der Waals surface area contributed by atoms with Crippen molar-refractivity contribution in [1.82, 2.24) is 9.88 Å². The highest BCUT2D eigenvalue weighted by atomic mass is 32.1. The van der Waals surface area contributed by atoms with Gasteiger partial charge < -0.3 is 15.0 Å². The Bertz CT molecular complexity index is 659. The topological polar surface area (TPSA) is 71.3 Å². The van der Waals surface area contributed by atoms with Gasteiger partial charge in [0.15, 0.2) is 0 Å². The molecule has 0 aliphatic carbocycles. The van der Waals surface area contributed by atoms with E-state index in [2.05, 4.69) is 5.32 Å². The number of aliphatic hydroxyl groups is 1. The number of aryl methyl sites for hydroxylation is 1. The normalized spacial score (nSPS) is 13.8. The molecule has 2 aromatic heterocycles. The Labute approximate surface area is 120 Å². The first-order valence-electron chi connectivity index (χ1n) is 6.11. The van der Waals surface area contributed by atoms with Gasteiger partial charge in [-0.3, -0.25) is 9.59 Å². The second-order valence-corrected chi connectivity index (χ2v) is 5.75. The summed E-state index contributed by atoms with van der Waals surface area (Å²) in [4.78, 5) is 24.2. The summed E-state index contributed by atoms with van der Waals surface area (Å²) in [7, 11) is 1.62. The summed E-state index contributed by atoms with van der Waals surface area (Å²) >= 11 is 1.43. The van der Waals surface area contributed by atoms with Gasteiger partial charge in [-0.15, -0.1) is 11.3 Å². The van der Waals surface area contributed by atoms with Gasteiger partial charge in [0.25, 0.3) is 11.5 Å². The average Bonchev–Trinajstić information content (AvgIpc) is 2.94. The highest BCUT2D eigenvalue weighted by molar-refractivity contribution is 7.10. The van der Waals surface area contributed by atoms with Crippen LogP contribution in [0.4, 0.5) is 0 Å². The molecule has 0 saturated carbocycles. The van der Waals surface area contributed by atoms with Gasteiger partial charge in [0.1, 0.15) is 5.60 Å². The predicted molar refractivity (Wildman–Crippen MR) is 77.9 cm³/mol. The van der Waals surface area contributed by atoms with Crippen molar-refractivity contribution in [1.29, 1.82) is 0 Å². The van der Waals surface area contributed by atoms with E-state index in [9.17, 15) is 14.7 Å². The maximum absolute atomic E-state index is 12.0. The van der Waals surface area contributed by atoms with Crippen LogP contribution in [0.3, 0.4) is 0 Å². The van der Waals surface area contributed by atoms with Crippen LogP contribution in [0, 0.1) is 0 Å². The summed E-state index contributed by atoms with van der Waals surface area (Å²) in [6.45, 7) is 1.73. The van der Waals surface area contributed by atoms with Crippen LogP contribution in [-0.4, -0.2) is 22.1 Å². The summed E-state index contributed by atoms with van der Waals surface area (Å²) in [6, 6.07) is 6.50. The molecule has 0 fully saturated rings. The molecule has 0 aliphatic heterocycles. The summed E-state index contributed by atoms with van der Waals surface area (Å²) in [5, 5.41) is 14.8. The minimum absolute atomic E-state index is 0.0849. The lowest BCUT2D eigenvalue weighted by Gasteiger charge is -2.22. The number of nitrogens with zero attached hydrogens (tertiary/aromatic N) is 1. The maximum Gasteiger partial charge on any atom is 0.251 e. The smallest absolute Gasteiger partial charge is 0.251 e. The Kier molecular flexibility index (Phi) is 4.06. The molecule has 5 nitrogen and oxygen atoms in total. The van der Waals surface area contributed by atoms with E-state index >= 15 is 0 Å². The molecule has 0 saturated heterocycles. The largest absolute Gasteiger partial charge is 0.383 e.